The molecule has 6 nitrogen and oxygen atoms in total. The summed E-state index contributed by atoms with van der Waals surface area (Å²) in [7, 11) is 0. The topological polar surface area (TPSA) is 84.2 Å². The second kappa shape index (κ2) is 6.76. The van der Waals surface area contributed by atoms with E-state index in [1.54, 1.807) is 30.6 Å². The highest BCUT2D eigenvalue weighted by Crippen LogP contribution is 2.25. The molecule has 0 aliphatic carbocycles. The van der Waals surface area contributed by atoms with E-state index in [0.717, 1.165) is 10.9 Å². The fraction of sp³-hybridized carbons (Fsp3) is 0. The third-order valence-corrected chi connectivity index (χ3v) is 4.26. The van der Waals surface area contributed by atoms with Crippen LogP contribution in [0.4, 0.5) is 5.69 Å². The van der Waals surface area contributed by atoms with Crippen LogP contribution < -0.4 is 5.32 Å². The predicted octanol–water partition coefficient (Wildman–Crippen LogP) is 3.98. The Morgan fingerprint density at radius 3 is 2.41 bits per heavy atom. The number of fused-ring (bicyclic) bond motifs is 1. The zero-order chi connectivity index (χ0) is 18.8. The van der Waals surface area contributed by atoms with E-state index < -0.39 is 5.97 Å². The van der Waals surface area contributed by atoms with Crippen LogP contribution in [-0.2, 0) is 0 Å². The van der Waals surface area contributed by atoms with Gasteiger partial charge in [0.05, 0.1) is 22.3 Å². The Kier molecular flexibility index (Phi) is 4.14. The lowest BCUT2D eigenvalue weighted by molar-refractivity contribution is 0.0698. The summed E-state index contributed by atoms with van der Waals surface area (Å²) >= 11 is 0. The van der Waals surface area contributed by atoms with Gasteiger partial charge in [0.15, 0.2) is 0 Å². The molecule has 0 bridgehead atoms. The van der Waals surface area contributed by atoms with E-state index in [1.807, 2.05) is 47.0 Å². The Hall–Kier alpha value is -3.93. The molecule has 0 unspecified atom stereocenters. The molecule has 4 rings (SSSR count). The largest absolute Gasteiger partial charge is 0.478 e. The van der Waals surface area contributed by atoms with E-state index >= 15 is 0 Å². The number of anilines is 1. The maximum atomic E-state index is 12.9. The van der Waals surface area contributed by atoms with Crippen LogP contribution in [0.5, 0.6) is 0 Å². The summed E-state index contributed by atoms with van der Waals surface area (Å²) in [6.07, 6.45) is 3.40. The van der Waals surface area contributed by atoms with Crippen LogP contribution in [-0.4, -0.2) is 26.5 Å². The number of amides is 1. The van der Waals surface area contributed by atoms with Crippen molar-refractivity contribution in [3.05, 3.63) is 90.3 Å². The molecule has 2 aromatic heterocycles. The molecule has 0 saturated carbocycles. The first-order valence-corrected chi connectivity index (χ1v) is 8.30. The zero-order valence-electron chi connectivity index (χ0n) is 14.2. The molecule has 1 amide bonds. The minimum absolute atomic E-state index is 0.0410. The summed E-state index contributed by atoms with van der Waals surface area (Å²) in [5.41, 5.74) is 1.58. The van der Waals surface area contributed by atoms with Gasteiger partial charge < -0.3 is 15.0 Å². The van der Waals surface area contributed by atoms with Gasteiger partial charge in [-0.15, -0.1) is 0 Å². The van der Waals surface area contributed by atoms with Crippen molar-refractivity contribution in [3.8, 4) is 5.82 Å². The van der Waals surface area contributed by atoms with Gasteiger partial charge >= 0.3 is 5.97 Å². The van der Waals surface area contributed by atoms with Gasteiger partial charge in [-0.05, 0) is 30.3 Å². The average molecular weight is 357 g/mol. The van der Waals surface area contributed by atoms with Gasteiger partial charge in [0, 0.05) is 17.8 Å². The Morgan fingerprint density at radius 1 is 0.889 bits per heavy atom. The lowest BCUT2D eigenvalue weighted by Crippen LogP contribution is -2.14. The van der Waals surface area contributed by atoms with Gasteiger partial charge in [0.2, 0.25) is 0 Å². The van der Waals surface area contributed by atoms with Gasteiger partial charge in [-0.1, -0.05) is 36.4 Å². The molecule has 0 spiro atoms. The monoisotopic (exact) mass is 357 g/mol. The summed E-state index contributed by atoms with van der Waals surface area (Å²) in [5.74, 6) is -0.782. The number of carboxylic acid groups (broad SMARTS) is 1. The third-order valence-electron chi connectivity index (χ3n) is 4.26. The minimum Gasteiger partial charge on any atom is -0.478 e. The number of nitrogens with one attached hydrogen (secondary N) is 1. The molecule has 0 fully saturated rings. The molecular formula is C21H15N3O3. The second-order valence-electron chi connectivity index (χ2n) is 5.92. The summed E-state index contributed by atoms with van der Waals surface area (Å²) in [4.78, 5) is 28.6. The van der Waals surface area contributed by atoms with Crippen molar-refractivity contribution in [2.24, 2.45) is 0 Å². The SMILES string of the molecule is O=C(O)c1ccccc1NC(=O)c1cn(-c2ccccn2)c2ccccc12. The molecule has 27 heavy (non-hydrogen) atoms. The third kappa shape index (κ3) is 3.04. The van der Waals surface area contributed by atoms with Crippen LogP contribution in [0.25, 0.3) is 16.7 Å². The highest BCUT2D eigenvalue weighted by Gasteiger charge is 2.18. The smallest absolute Gasteiger partial charge is 0.337 e. The molecule has 4 aromatic rings. The van der Waals surface area contributed by atoms with E-state index in [4.69, 9.17) is 0 Å². The molecule has 2 heterocycles. The van der Waals surface area contributed by atoms with Crippen molar-refractivity contribution in [1.82, 2.24) is 9.55 Å². The summed E-state index contributed by atoms with van der Waals surface area (Å²) in [6.45, 7) is 0. The molecule has 0 saturated heterocycles. The highest BCUT2D eigenvalue weighted by molar-refractivity contribution is 6.14. The van der Waals surface area contributed by atoms with Gasteiger partial charge in [-0.3, -0.25) is 4.79 Å². The van der Waals surface area contributed by atoms with Crippen molar-refractivity contribution in [2.75, 3.05) is 5.32 Å². The van der Waals surface area contributed by atoms with Crippen LogP contribution in [0.2, 0.25) is 0 Å². The number of aromatic carboxylic acids is 1. The molecule has 0 radical (unpaired) electrons. The molecule has 2 aromatic carbocycles. The number of hydrogen-bond acceptors (Lipinski definition) is 3. The molecule has 2 N–H and O–H groups in total. The Labute approximate surface area is 154 Å². The van der Waals surface area contributed by atoms with E-state index in [-0.39, 0.29) is 17.2 Å². The highest BCUT2D eigenvalue weighted by atomic mass is 16.4. The number of hydrogen-bond donors (Lipinski definition) is 2. The fourth-order valence-corrected chi connectivity index (χ4v) is 3.01. The average Bonchev–Trinajstić information content (AvgIpc) is 3.09. The van der Waals surface area contributed by atoms with E-state index in [0.29, 0.717) is 11.4 Å². The number of nitrogens with zero attached hydrogens (tertiary/aromatic N) is 2. The molecule has 6 heteroatoms. The number of aromatic nitrogens is 2. The van der Waals surface area contributed by atoms with Crippen molar-refractivity contribution in [2.45, 2.75) is 0 Å². The molecule has 0 aliphatic heterocycles. The summed E-state index contributed by atoms with van der Waals surface area (Å²) < 4.78 is 1.84. The maximum absolute atomic E-state index is 12.9. The number of rotatable bonds is 4. The number of carboxylic acids is 1. The van der Waals surface area contributed by atoms with Gasteiger partial charge in [-0.25, -0.2) is 9.78 Å². The number of carbonyl (C=O) groups excluding carboxylic acids is 1. The van der Waals surface area contributed by atoms with Crippen LogP contribution in [0.1, 0.15) is 20.7 Å². The predicted molar refractivity (Wildman–Crippen MR) is 102 cm³/mol. The number of para-hydroxylation sites is 2. The summed E-state index contributed by atoms with van der Waals surface area (Å²) in [6, 6.07) is 19.4. The van der Waals surface area contributed by atoms with E-state index in [1.165, 1.54) is 6.07 Å². The molecule has 0 atom stereocenters. The standard InChI is InChI=1S/C21H15N3O3/c25-20(23-17-9-3-1-8-15(17)21(26)27)16-13-24(19-11-5-6-12-22-19)18-10-4-2-7-14(16)18/h1-13H,(H,23,25)(H,26,27). The van der Waals surface area contributed by atoms with Gasteiger partial charge in [-0.2, -0.15) is 0 Å². The first-order valence-electron chi connectivity index (χ1n) is 8.30. The Bertz CT molecular complexity index is 1150. The molecule has 0 aliphatic rings. The zero-order valence-corrected chi connectivity index (χ0v) is 14.2. The van der Waals surface area contributed by atoms with Crippen LogP contribution in [0.15, 0.2) is 79.1 Å². The number of carbonyl (C=O) groups is 2. The van der Waals surface area contributed by atoms with Crippen LogP contribution in [0.3, 0.4) is 0 Å². The first kappa shape index (κ1) is 16.5. The maximum Gasteiger partial charge on any atom is 0.337 e. The lowest BCUT2D eigenvalue weighted by atomic mass is 10.1. The molecular weight excluding hydrogens is 342 g/mol. The van der Waals surface area contributed by atoms with E-state index in [2.05, 4.69) is 10.3 Å². The molecule has 132 valence electrons. The van der Waals surface area contributed by atoms with E-state index in [9.17, 15) is 14.7 Å². The second-order valence-corrected chi connectivity index (χ2v) is 5.92. The quantitative estimate of drug-likeness (QED) is 0.579. The number of benzene rings is 2. The van der Waals surface area contributed by atoms with Crippen LogP contribution >= 0.6 is 0 Å². The summed E-state index contributed by atoms with van der Waals surface area (Å²) in [5, 5.41) is 12.8. The first-order chi connectivity index (χ1) is 13.1. The van der Waals surface area contributed by atoms with Crippen molar-refractivity contribution in [1.29, 1.82) is 0 Å². The van der Waals surface area contributed by atoms with Gasteiger partial charge in [0.25, 0.3) is 5.91 Å². The normalized spacial score (nSPS) is 10.7. The lowest BCUT2D eigenvalue weighted by Gasteiger charge is -2.07. The van der Waals surface area contributed by atoms with Gasteiger partial charge in [0.1, 0.15) is 5.82 Å². The van der Waals surface area contributed by atoms with Crippen molar-refractivity contribution in [3.63, 3.8) is 0 Å². The van der Waals surface area contributed by atoms with Crippen molar-refractivity contribution >= 4 is 28.5 Å². The van der Waals surface area contributed by atoms with Crippen molar-refractivity contribution < 1.29 is 14.7 Å². The van der Waals surface area contributed by atoms with Crippen LogP contribution in [0, 0.1) is 0 Å². The Morgan fingerprint density at radius 2 is 1.63 bits per heavy atom. The minimum atomic E-state index is -1.10. The Balaban J connectivity index is 1.79. The number of pyridine rings is 1. The fourth-order valence-electron chi connectivity index (χ4n) is 3.01.